The van der Waals surface area contributed by atoms with E-state index in [0.717, 1.165) is 48.0 Å². The molecule has 0 amide bonds. The van der Waals surface area contributed by atoms with Crippen LogP contribution in [0, 0.1) is 11.8 Å². The van der Waals surface area contributed by atoms with E-state index in [1.54, 1.807) is 12.4 Å². The molecule has 11 heteroatoms. The summed E-state index contributed by atoms with van der Waals surface area (Å²) in [6.45, 7) is 8.94. The number of fused-ring (bicyclic) bond motifs is 1. The third-order valence-electron chi connectivity index (χ3n) is 8.27. The molecular formula is C28H34ClN7O3. The van der Waals surface area contributed by atoms with E-state index >= 15 is 0 Å². The molecule has 4 aromatic rings. The molecule has 1 saturated carbocycles. The number of aromatic nitrogens is 6. The van der Waals surface area contributed by atoms with E-state index in [1.165, 1.54) is 25.7 Å². The van der Waals surface area contributed by atoms with Crippen LogP contribution in [0.1, 0.15) is 52.9 Å². The van der Waals surface area contributed by atoms with E-state index in [9.17, 15) is 4.79 Å². The Kier molecular flexibility index (Phi) is 7.16. The number of pyridine rings is 2. The van der Waals surface area contributed by atoms with Gasteiger partial charge in [0.05, 0.1) is 40.5 Å². The van der Waals surface area contributed by atoms with Crippen LogP contribution in [0.15, 0.2) is 33.8 Å². The number of rotatable bonds is 6. The van der Waals surface area contributed by atoms with Crippen LogP contribution in [-0.2, 0) is 11.3 Å². The predicted octanol–water partition coefficient (Wildman–Crippen LogP) is 5.32. The summed E-state index contributed by atoms with van der Waals surface area (Å²) >= 11 is 6.39. The number of hydrogen-bond acceptors (Lipinski definition) is 8. The van der Waals surface area contributed by atoms with Gasteiger partial charge in [-0.05, 0) is 50.2 Å². The molecular weight excluding hydrogens is 518 g/mol. The summed E-state index contributed by atoms with van der Waals surface area (Å²) in [5, 5.41) is 4.41. The van der Waals surface area contributed by atoms with Crippen LogP contribution in [0.4, 0.5) is 5.95 Å². The lowest BCUT2D eigenvalue weighted by atomic mass is 9.83. The van der Waals surface area contributed by atoms with Crippen molar-refractivity contribution in [3.05, 3.63) is 40.1 Å². The van der Waals surface area contributed by atoms with Gasteiger partial charge in [0, 0.05) is 31.0 Å². The average Bonchev–Trinajstić information content (AvgIpc) is 3.53. The van der Waals surface area contributed by atoms with E-state index in [1.807, 2.05) is 12.1 Å². The third-order valence-corrected chi connectivity index (χ3v) is 8.48. The number of H-pyrrole nitrogens is 1. The maximum absolute atomic E-state index is 11.8. The molecule has 39 heavy (non-hydrogen) atoms. The summed E-state index contributed by atoms with van der Waals surface area (Å²) in [6.07, 6.45) is 9.27. The van der Waals surface area contributed by atoms with Crippen LogP contribution in [0.3, 0.4) is 0 Å². The second kappa shape index (κ2) is 10.7. The van der Waals surface area contributed by atoms with Gasteiger partial charge in [-0.3, -0.25) is 14.5 Å². The summed E-state index contributed by atoms with van der Waals surface area (Å²) in [5.41, 5.74) is 3.63. The number of aromatic amines is 1. The van der Waals surface area contributed by atoms with Crippen LogP contribution in [-0.4, -0.2) is 55.0 Å². The smallest absolute Gasteiger partial charge is 0.375 e. The quantitative estimate of drug-likeness (QED) is 0.342. The van der Waals surface area contributed by atoms with E-state index in [0.29, 0.717) is 28.9 Å². The number of halogens is 1. The Morgan fingerprint density at radius 2 is 1.95 bits per heavy atom. The largest absolute Gasteiger partial charge is 0.439 e. The van der Waals surface area contributed by atoms with Gasteiger partial charge in [-0.2, -0.15) is 0 Å². The lowest BCUT2D eigenvalue weighted by Gasteiger charge is -2.40. The molecule has 0 radical (unpaired) electrons. The highest BCUT2D eigenvalue weighted by Crippen LogP contribution is 2.38. The molecule has 6 rings (SSSR count). The number of hydrogen-bond donors (Lipinski definition) is 1. The van der Waals surface area contributed by atoms with Gasteiger partial charge in [-0.25, -0.2) is 14.8 Å². The molecule has 0 aromatic carbocycles. The van der Waals surface area contributed by atoms with E-state index in [2.05, 4.69) is 45.4 Å². The zero-order valence-electron chi connectivity index (χ0n) is 22.6. The van der Waals surface area contributed by atoms with Crippen LogP contribution in [0.5, 0.6) is 0 Å². The first kappa shape index (κ1) is 26.0. The summed E-state index contributed by atoms with van der Waals surface area (Å²) in [5.74, 6) is 1.86. The summed E-state index contributed by atoms with van der Waals surface area (Å²) in [7, 11) is 0. The Bertz CT molecular complexity index is 1520. The number of nitrogens with zero attached hydrogens (tertiary/aromatic N) is 6. The molecule has 1 saturated heterocycles. The Hall–Kier alpha value is -3.24. The van der Waals surface area contributed by atoms with Gasteiger partial charge in [-0.15, -0.1) is 0 Å². The maximum Gasteiger partial charge on any atom is 0.439 e. The van der Waals surface area contributed by atoms with Crippen LogP contribution in [0.25, 0.3) is 33.8 Å². The topological polar surface area (TPSA) is 115 Å². The van der Waals surface area contributed by atoms with Gasteiger partial charge in [-0.1, -0.05) is 43.4 Å². The Labute approximate surface area is 231 Å². The molecule has 206 valence electrons. The van der Waals surface area contributed by atoms with Crippen molar-refractivity contribution in [1.29, 1.82) is 0 Å². The van der Waals surface area contributed by atoms with Crippen molar-refractivity contribution in [2.45, 2.75) is 71.6 Å². The monoisotopic (exact) mass is 551 g/mol. The average molecular weight is 552 g/mol. The van der Waals surface area contributed by atoms with Crippen LogP contribution >= 0.6 is 11.6 Å². The highest BCUT2D eigenvalue weighted by molar-refractivity contribution is 6.30. The molecule has 5 heterocycles. The van der Waals surface area contributed by atoms with Crippen molar-refractivity contribution in [2.24, 2.45) is 11.8 Å². The van der Waals surface area contributed by atoms with Crippen molar-refractivity contribution in [1.82, 2.24) is 29.7 Å². The van der Waals surface area contributed by atoms with Gasteiger partial charge in [0.1, 0.15) is 5.69 Å². The lowest BCUT2D eigenvalue weighted by Crippen LogP contribution is -2.51. The Balaban J connectivity index is 1.58. The van der Waals surface area contributed by atoms with E-state index in [-0.39, 0.29) is 18.0 Å². The second-order valence-electron chi connectivity index (χ2n) is 11.0. The highest BCUT2D eigenvalue weighted by atomic mass is 35.5. The first-order valence-corrected chi connectivity index (χ1v) is 14.3. The molecule has 1 N–H and O–H groups in total. The standard InChI is InChI=1S/C28H34ClN7O3/c1-4-23-17(3)38-10-9-35(23)27-32-21-12-22(26-33-28(37)39-34-26)31-24(19-11-20(29)14-30-13-19)25(21)36(27)15-18-7-5-16(2)6-8-18/h11-14,16-18,23H,4-10,15H2,1-3H3,(H,33,34,37)/t16?,17-,18?,23-/m1/s1. The minimum atomic E-state index is -0.635. The number of morpholine rings is 1. The second-order valence-corrected chi connectivity index (χ2v) is 11.4. The SMILES string of the molecule is CC[C@@H]1[C@@H](C)OCCN1c1nc2cc(-c3noc(=O)[nH]3)nc(-c3cncc(Cl)c3)c2n1CC1CCC(C)CC1. The minimum Gasteiger partial charge on any atom is -0.375 e. The fraction of sp³-hybridized carbons (Fsp3) is 0.536. The molecule has 10 nitrogen and oxygen atoms in total. The van der Waals surface area contributed by atoms with E-state index < -0.39 is 5.76 Å². The van der Waals surface area contributed by atoms with Gasteiger partial charge >= 0.3 is 5.76 Å². The summed E-state index contributed by atoms with van der Waals surface area (Å²) in [4.78, 5) is 31.3. The number of anilines is 1. The first-order chi connectivity index (χ1) is 18.9. The zero-order valence-corrected chi connectivity index (χ0v) is 23.3. The normalized spacial score (nSPS) is 23.9. The van der Waals surface area contributed by atoms with Crippen molar-refractivity contribution in [2.75, 3.05) is 18.1 Å². The first-order valence-electron chi connectivity index (χ1n) is 13.9. The summed E-state index contributed by atoms with van der Waals surface area (Å²) < 4.78 is 13.2. The molecule has 0 unspecified atom stereocenters. The van der Waals surface area contributed by atoms with Crippen molar-refractivity contribution < 1.29 is 9.26 Å². The molecule has 4 aromatic heterocycles. The number of ether oxygens (including phenoxy) is 1. The maximum atomic E-state index is 11.8. The van der Waals surface area contributed by atoms with Crippen molar-refractivity contribution in [3.63, 3.8) is 0 Å². The van der Waals surface area contributed by atoms with Gasteiger partial charge in [0.15, 0.2) is 0 Å². The fourth-order valence-electron chi connectivity index (χ4n) is 6.18. The minimum absolute atomic E-state index is 0.0954. The Morgan fingerprint density at radius 3 is 2.67 bits per heavy atom. The number of imidazole rings is 1. The molecule has 2 aliphatic rings. The molecule has 0 spiro atoms. The van der Waals surface area contributed by atoms with Crippen LogP contribution < -0.4 is 10.7 Å². The lowest BCUT2D eigenvalue weighted by molar-refractivity contribution is 0.0217. The van der Waals surface area contributed by atoms with E-state index in [4.69, 9.17) is 30.8 Å². The fourth-order valence-corrected chi connectivity index (χ4v) is 6.35. The molecule has 0 bridgehead atoms. The van der Waals surface area contributed by atoms with Gasteiger partial charge in [0.2, 0.25) is 11.8 Å². The summed E-state index contributed by atoms with van der Waals surface area (Å²) in [6, 6.07) is 3.94. The Morgan fingerprint density at radius 1 is 1.13 bits per heavy atom. The molecule has 2 fully saturated rings. The van der Waals surface area contributed by atoms with Gasteiger partial charge < -0.3 is 14.2 Å². The molecule has 2 atom stereocenters. The highest BCUT2D eigenvalue weighted by Gasteiger charge is 2.33. The third kappa shape index (κ3) is 5.07. The molecule has 1 aliphatic heterocycles. The van der Waals surface area contributed by atoms with Gasteiger partial charge in [0.25, 0.3) is 0 Å². The molecule has 1 aliphatic carbocycles. The number of nitrogens with one attached hydrogen (secondary N) is 1. The predicted molar refractivity (Wildman–Crippen MR) is 150 cm³/mol. The van der Waals surface area contributed by atoms with Crippen LogP contribution in [0.2, 0.25) is 5.02 Å². The van der Waals surface area contributed by atoms with Crippen molar-refractivity contribution >= 4 is 28.6 Å². The van der Waals surface area contributed by atoms with Crippen molar-refractivity contribution in [3.8, 4) is 22.8 Å². The zero-order chi connectivity index (χ0) is 27.1.